The monoisotopic (exact) mass is 368 g/mol. The van der Waals surface area contributed by atoms with E-state index in [9.17, 15) is 14.4 Å². The molecule has 0 aromatic heterocycles. The summed E-state index contributed by atoms with van der Waals surface area (Å²) in [5.74, 6) is -1.08. The quantitative estimate of drug-likeness (QED) is 0.586. The van der Waals surface area contributed by atoms with Gasteiger partial charge in [0.1, 0.15) is 0 Å². The molecular weight excluding hydrogens is 344 g/mol. The average molecular weight is 369 g/mol. The van der Waals surface area contributed by atoms with E-state index in [1.807, 2.05) is 0 Å². The zero-order chi connectivity index (χ0) is 17.6. The maximum Gasteiger partial charge on any atom is 0.251 e. The SMILES string of the molecule is Cl.NC(=O)CNC(=O)c1ccc(CNC(=O)C2(N)CCCCC2)cc1. The van der Waals surface area contributed by atoms with Crippen LogP contribution in [0.25, 0.3) is 0 Å². The highest BCUT2D eigenvalue weighted by Crippen LogP contribution is 2.26. The van der Waals surface area contributed by atoms with Gasteiger partial charge in [0.25, 0.3) is 5.91 Å². The molecule has 0 radical (unpaired) electrons. The highest BCUT2D eigenvalue weighted by Gasteiger charge is 2.34. The van der Waals surface area contributed by atoms with Crippen molar-refractivity contribution in [2.75, 3.05) is 6.54 Å². The van der Waals surface area contributed by atoms with E-state index in [1.54, 1.807) is 24.3 Å². The first-order valence-corrected chi connectivity index (χ1v) is 8.13. The molecule has 0 saturated heterocycles. The van der Waals surface area contributed by atoms with Crippen LogP contribution < -0.4 is 22.1 Å². The maximum atomic E-state index is 12.3. The van der Waals surface area contributed by atoms with Gasteiger partial charge in [-0.3, -0.25) is 14.4 Å². The molecule has 3 amide bonds. The van der Waals surface area contributed by atoms with E-state index in [-0.39, 0.29) is 30.8 Å². The third kappa shape index (κ3) is 6.03. The molecular formula is C17H25ClN4O3. The molecule has 0 aliphatic heterocycles. The van der Waals surface area contributed by atoms with Crippen LogP contribution in [0.5, 0.6) is 0 Å². The number of carbonyl (C=O) groups excluding carboxylic acids is 3. The van der Waals surface area contributed by atoms with Crippen molar-refractivity contribution in [1.29, 1.82) is 0 Å². The van der Waals surface area contributed by atoms with Gasteiger partial charge < -0.3 is 22.1 Å². The van der Waals surface area contributed by atoms with Crippen LogP contribution in [0.15, 0.2) is 24.3 Å². The number of benzene rings is 1. The van der Waals surface area contributed by atoms with E-state index in [4.69, 9.17) is 11.5 Å². The minimum Gasteiger partial charge on any atom is -0.368 e. The fourth-order valence-electron chi connectivity index (χ4n) is 2.81. The number of rotatable bonds is 6. The molecule has 1 aromatic rings. The Morgan fingerprint density at radius 3 is 2.16 bits per heavy atom. The van der Waals surface area contributed by atoms with Crippen molar-refractivity contribution in [3.8, 4) is 0 Å². The molecule has 8 heteroatoms. The average Bonchev–Trinajstić information content (AvgIpc) is 2.58. The largest absolute Gasteiger partial charge is 0.368 e. The molecule has 0 unspecified atom stereocenters. The standard InChI is InChI=1S/C17H24N4O3.ClH/c18-14(22)11-20-15(23)13-6-4-12(5-7-13)10-21-16(24)17(19)8-2-1-3-9-17;/h4-7H,1-3,8-11,19H2,(H2,18,22)(H,20,23)(H,21,24);1H. The fourth-order valence-corrected chi connectivity index (χ4v) is 2.81. The van der Waals surface area contributed by atoms with E-state index in [1.165, 1.54) is 0 Å². The zero-order valence-corrected chi connectivity index (χ0v) is 14.9. The molecule has 0 bridgehead atoms. The van der Waals surface area contributed by atoms with Gasteiger partial charge in [0.05, 0.1) is 12.1 Å². The summed E-state index contributed by atoms with van der Waals surface area (Å²) in [5.41, 5.74) is 11.7. The Morgan fingerprint density at radius 1 is 1.00 bits per heavy atom. The fraction of sp³-hybridized carbons (Fsp3) is 0.471. The van der Waals surface area contributed by atoms with E-state index in [2.05, 4.69) is 10.6 Å². The normalized spacial score (nSPS) is 15.6. The molecule has 0 atom stereocenters. The minimum absolute atomic E-state index is 0. The van der Waals surface area contributed by atoms with Crippen molar-refractivity contribution < 1.29 is 14.4 Å². The lowest BCUT2D eigenvalue weighted by molar-refractivity contribution is -0.127. The van der Waals surface area contributed by atoms with Gasteiger partial charge in [0.15, 0.2) is 0 Å². The molecule has 6 N–H and O–H groups in total. The zero-order valence-electron chi connectivity index (χ0n) is 14.0. The summed E-state index contributed by atoms with van der Waals surface area (Å²) < 4.78 is 0. The molecule has 1 aromatic carbocycles. The van der Waals surface area contributed by atoms with Crippen molar-refractivity contribution in [2.45, 2.75) is 44.2 Å². The molecule has 1 aliphatic rings. The lowest BCUT2D eigenvalue weighted by Gasteiger charge is -2.31. The lowest BCUT2D eigenvalue weighted by atomic mass is 9.82. The molecule has 1 fully saturated rings. The van der Waals surface area contributed by atoms with Gasteiger partial charge in [0.2, 0.25) is 11.8 Å². The minimum atomic E-state index is -0.757. The number of nitrogens with two attached hydrogens (primary N) is 2. The summed E-state index contributed by atoms with van der Waals surface area (Å²) in [6.45, 7) is 0.163. The Hall–Kier alpha value is -2.12. The second kappa shape index (κ2) is 9.39. The van der Waals surface area contributed by atoms with Crippen molar-refractivity contribution in [3.63, 3.8) is 0 Å². The van der Waals surface area contributed by atoms with Gasteiger partial charge >= 0.3 is 0 Å². The second-order valence-corrected chi connectivity index (χ2v) is 6.25. The van der Waals surface area contributed by atoms with Crippen LogP contribution in [0, 0.1) is 0 Å². The molecule has 1 aliphatic carbocycles. The number of nitrogens with one attached hydrogen (secondary N) is 2. The van der Waals surface area contributed by atoms with Gasteiger partial charge in [-0.15, -0.1) is 12.4 Å². The van der Waals surface area contributed by atoms with Crippen LogP contribution in [0.1, 0.15) is 48.0 Å². The van der Waals surface area contributed by atoms with Gasteiger partial charge in [-0.05, 0) is 30.5 Å². The Morgan fingerprint density at radius 2 is 1.60 bits per heavy atom. The lowest BCUT2D eigenvalue weighted by Crippen LogP contribution is -2.54. The summed E-state index contributed by atoms with van der Waals surface area (Å²) in [6.07, 6.45) is 4.54. The topological polar surface area (TPSA) is 127 Å². The third-order valence-electron chi connectivity index (χ3n) is 4.29. The van der Waals surface area contributed by atoms with E-state index >= 15 is 0 Å². The van der Waals surface area contributed by atoms with Crippen molar-refractivity contribution >= 4 is 30.1 Å². The Kier molecular flexibility index (Phi) is 7.86. The molecule has 0 heterocycles. The summed E-state index contributed by atoms with van der Waals surface area (Å²) in [7, 11) is 0. The first kappa shape index (κ1) is 20.9. The van der Waals surface area contributed by atoms with Crippen LogP contribution in [0.3, 0.4) is 0 Å². The summed E-state index contributed by atoms with van der Waals surface area (Å²) in [6, 6.07) is 6.78. The number of hydrogen-bond donors (Lipinski definition) is 4. The number of hydrogen-bond acceptors (Lipinski definition) is 4. The summed E-state index contributed by atoms with van der Waals surface area (Å²) in [5, 5.41) is 5.29. The maximum absolute atomic E-state index is 12.3. The number of amides is 3. The van der Waals surface area contributed by atoms with Crippen LogP contribution in [-0.2, 0) is 16.1 Å². The second-order valence-electron chi connectivity index (χ2n) is 6.25. The number of carbonyl (C=O) groups is 3. The van der Waals surface area contributed by atoms with Crippen LogP contribution in [0.2, 0.25) is 0 Å². The Bertz CT molecular complexity index is 613. The van der Waals surface area contributed by atoms with Gasteiger partial charge in [-0.1, -0.05) is 31.4 Å². The van der Waals surface area contributed by atoms with Gasteiger partial charge in [-0.25, -0.2) is 0 Å². The van der Waals surface area contributed by atoms with E-state index < -0.39 is 11.4 Å². The van der Waals surface area contributed by atoms with E-state index in [0.717, 1.165) is 37.7 Å². The Labute approximate surface area is 153 Å². The predicted octanol–water partition coefficient (Wildman–Crippen LogP) is 0.601. The molecule has 138 valence electrons. The number of primary amides is 1. The predicted molar refractivity (Wildman–Crippen MR) is 97.1 cm³/mol. The molecule has 7 nitrogen and oxygen atoms in total. The van der Waals surface area contributed by atoms with Crippen molar-refractivity contribution in [2.24, 2.45) is 11.5 Å². The molecule has 2 rings (SSSR count). The number of halogens is 1. The molecule has 1 saturated carbocycles. The van der Waals surface area contributed by atoms with Gasteiger partial charge in [-0.2, -0.15) is 0 Å². The van der Waals surface area contributed by atoms with Crippen LogP contribution in [0.4, 0.5) is 0 Å². The van der Waals surface area contributed by atoms with Crippen LogP contribution in [-0.4, -0.2) is 29.8 Å². The highest BCUT2D eigenvalue weighted by atomic mass is 35.5. The summed E-state index contributed by atoms with van der Waals surface area (Å²) in [4.78, 5) is 34.7. The van der Waals surface area contributed by atoms with Crippen molar-refractivity contribution in [1.82, 2.24) is 10.6 Å². The Balaban J connectivity index is 0.00000312. The molecule has 0 spiro atoms. The van der Waals surface area contributed by atoms with Gasteiger partial charge in [0, 0.05) is 12.1 Å². The summed E-state index contributed by atoms with van der Waals surface area (Å²) >= 11 is 0. The van der Waals surface area contributed by atoms with E-state index in [0.29, 0.717) is 12.1 Å². The first-order valence-electron chi connectivity index (χ1n) is 8.13. The highest BCUT2D eigenvalue weighted by molar-refractivity contribution is 5.96. The molecule has 25 heavy (non-hydrogen) atoms. The van der Waals surface area contributed by atoms with Crippen molar-refractivity contribution in [3.05, 3.63) is 35.4 Å². The first-order chi connectivity index (χ1) is 11.4. The van der Waals surface area contributed by atoms with Crippen LogP contribution >= 0.6 is 12.4 Å². The smallest absolute Gasteiger partial charge is 0.251 e. The third-order valence-corrected chi connectivity index (χ3v) is 4.29.